The van der Waals surface area contributed by atoms with E-state index in [0.717, 1.165) is 10.5 Å². The molecule has 0 aliphatic carbocycles. The average molecular weight is 459 g/mol. The molecular formula is C17H16F3N5O5S. The average Bonchev–Trinajstić information content (AvgIpc) is 3.04. The van der Waals surface area contributed by atoms with Crippen LogP contribution >= 0.6 is 0 Å². The Bertz CT molecular complexity index is 1250. The molecule has 1 aliphatic rings. The van der Waals surface area contributed by atoms with Gasteiger partial charge < -0.3 is 14.2 Å². The number of aromatic nitrogens is 4. The van der Waals surface area contributed by atoms with Gasteiger partial charge in [0.05, 0.1) is 31.6 Å². The summed E-state index contributed by atoms with van der Waals surface area (Å²) in [5, 5.41) is 4.92. The number of ether oxygens (including phenoxy) is 3. The molecular weight excluding hydrogens is 443 g/mol. The number of imidazole rings is 1. The monoisotopic (exact) mass is 459 g/mol. The molecule has 0 aromatic carbocycles. The molecule has 2 N–H and O–H groups in total. The standard InChI is InChI=1S/C17H16F3N5O5S/c1-28-14-9(4-10(18)15(24-14)30-7-12(19)20)13-16(31(21,26)27)25-3-2-11(8-5-29-6-8)22-17(25)23-13/h2-4,8,12H,5-7H2,1H3,(H2,21,26,27). The van der Waals surface area contributed by atoms with E-state index in [1.807, 2.05) is 0 Å². The van der Waals surface area contributed by atoms with Gasteiger partial charge in [0.2, 0.25) is 11.7 Å². The first-order valence-corrected chi connectivity index (χ1v) is 10.4. The van der Waals surface area contributed by atoms with E-state index in [2.05, 4.69) is 19.7 Å². The first-order valence-electron chi connectivity index (χ1n) is 8.84. The number of hydrogen-bond acceptors (Lipinski definition) is 8. The van der Waals surface area contributed by atoms with Crippen LogP contribution in [0.3, 0.4) is 0 Å². The van der Waals surface area contributed by atoms with Crippen LogP contribution in [0, 0.1) is 5.82 Å². The Hall–Kier alpha value is -2.97. The summed E-state index contributed by atoms with van der Waals surface area (Å²) in [6.45, 7) is -0.134. The maximum absolute atomic E-state index is 14.5. The van der Waals surface area contributed by atoms with Crippen LogP contribution in [0.15, 0.2) is 23.4 Å². The number of fused-ring (bicyclic) bond motifs is 1. The summed E-state index contributed by atoms with van der Waals surface area (Å²) < 4.78 is 79.9. The molecule has 3 aromatic heterocycles. The van der Waals surface area contributed by atoms with E-state index in [-0.39, 0.29) is 28.8 Å². The third kappa shape index (κ3) is 4.00. The number of hydrogen-bond donors (Lipinski definition) is 1. The maximum Gasteiger partial charge on any atom is 0.272 e. The fraction of sp³-hybridized carbons (Fsp3) is 0.353. The van der Waals surface area contributed by atoms with E-state index in [4.69, 9.17) is 14.6 Å². The second-order valence-corrected chi connectivity index (χ2v) is 8.08. The maximum atomic E-state index is 14.5. The molecule has 0 bridgehead atoms. The van der Waals surface area contributed by atoms with Gasteiger partial charge in [-0.1, -0.05) is 0 Å². The van der Waals surface area contributed by atoms with Gasteiger partial charge in [0, 0.05) is 12.1 Å². The zero-order valence-electron chi connectivity index (χ0n) is 16.0. The number of primary sulfonamides is 1. The van der Waals surface area contributed by atoms with Crippen molar-refractivity contribution in [1.82, 2.24) is 19.4 Å². The van der Waals surface area contributed by atoms with Crippen molar-refractivity contribution < 1.29 is 35.8 Å². The van der Waals surface area contributed by atoms with Crippen molar-refractivity contribution in [2.45, 2.75) is 17.4 Å². The predicted octanol–water partition coefficient (Wildman–Crippen LogP) is 1.34. The van der Waals surface area contributed by atoms with Gasteiger partial charge in [-0.25, -0.2) is 36.7 Å². The third-order valence-corrected chi connectivity index (χ3v) is 5.43. The van der Waals surface area contributed by atoms with E-state index >= 15 is 0 Å². The van der Waals surface area contributed by atoms with Gasteiger partial charge in [-0.2, -0.15) is 4.98 Å². The number of methoxy groups -OCH3 is 1. The number of halogens is 3. The molecule has 0 atom stereocenters. The first kappa shape index (κ1) is 21.3. The highest BCUT2D eigenvalue weighted by molar-refractivity contribution is 7.89. The minimum atomic E-state index is -4.36. The van der Waals surface area contributed by atoms with Crippen molar-refractivity contribution in [3.05, 3.63) is 29.8 Å². The quantitative estimate of drug-likeness (QED) is 0.560. The van der Waals surface area contributed by atoms with Crippen LogP contribution in [0.4, 0.5) is 13.2 Å². The lowest BCUT2D eigenvalue weighted by molar-refractivity contribution is 0.00676. The van der Waals surface area contributed by atoms with E-state index < -0.39 is 39.8 Å². The predicted molar refractivity (Wildman–Crippen MR) is 99.2 cm³/mol. The van der Waals surface area contributed by atoms with Crippen molar-refractivity contribution in [3.63, 3.8) is 0 Å². The lowest BCUT2D eigenvalue weighted by atomic mass is 10.0. The molecule has 0 saturated carbocycles. The van der Waals surface area contributed by atoms with Gasteiger partial charge in [0.25, 0.3) is 22.3 Å². The molecule has 0 amide bonds. The van der Waals surface area contributed by atoms with E-state index in [1.165, 1.54) is 13.3 Å². The van der Waals surface area contributed by atoms with Crippen molar-refractivity contribution in [3.8, 4) is 23.0 Å². The molecule has 1 saturated heterocycles. The Morgan fingerprint density at radius 2 is 2.03 bits per heavy atom. The van der Waals surface area contributed by atoms with Crippen LogP contribution in [0.2, 0.25) is 0 Å². The zero-order valence-corrected chi connectivity index (χ0v) is 16.8. The molecule has 0 radical (unpaired) electrons. The van der Waals surface area contributed by atoms with Crippen LogP contribution in [0.25, 0.3) is 17.0 Å². The summed E-state index contributed by atoms with van der Waals surface area (Å²) >= 11 is 0. The highest BCUT2D eigenvalue weighted by Crippen LogP contribution is 2.36. The van der Waals surface area contributed by atoms with Gasteiger partial charge in [0.1, 0.15) is 5.69 Å². The zero-order chi connectivity index (χ0) is 22.3. The Morgan fingerprint density at radius 3 is 2.61 bits per heavy atom. The smallest absolute Gasteiger partial charge is 0.272 e. The number of nitrogens with zero attached hydrogens (tertiary/aromatic N) is 4. The molecule has 1 fully saturated rings. The third-order valence-electron chi connectivity index (χ3n) is 4.50. The molecule has 31 heavy (non-hydrogen) atoms. The van der Waals surface area contributed by atoms with Gasteiger partial charge in [-0.15, -0.1) is 0 Å². The van der Waals surface area contributed by atoms with Crippen LogP contribution in [-0.2, 0) is 14.8 Å². The number of sulfonamides is 1. The fourth-order valence-electron chi connectivity index (χ4n) is 3.03. The topological polar surface area (TPSA) is 131 Å². The highest BCUT2D eigenvalue weighted by Gasteiger charge is 2.29. The summed E-state index contributed by atoms with van der Waals surface area (Å²) in [4.78, 5) is 12.3. The van der Waals surface area contributed by atoms with Crippen molar-refractivity contribution >= 4 is 15.8 Å². The van der Waals surface area contributed by atoms with E-state index in [0.29, 0.717) is 18.9 Å². The Labute approximate surface area is 173 Å². The van der Waals surface area contributed by atoms with Gasteiger partial charge in [-0.05, 0) is 12.1 Å². The molecule has 166 valence electrons. The largest absolute Gasteiger partial charge is 0.480 e. The van der Waals surface area contributed by atoms with Crippen LogP contribution in [0.5, 0.6) is 11.8 Å². The summed E-state index contributed by atoms with van der Waals surface area (Å²) in [6, 6.07) is 2.43. The van der Waals surface area contributed by atoms with Crippen molar-refractivity contribution in [2.24, 2.45) is 5.14 Å². The second-order valence-electron chi connectivity index (χ2n) is 6.60. The molecule has 10 nitrogen and oxygen atoms in total. The van der Waals surface area contributed by atoms with Crippen molar-refractivity contribution in [1.29, 1.82) is 0 Å². The molecule has 3 aromatic rings. The number of rotatable bonds is 7. The second kappa shape index (κ2) is 7.94. The summed E-state index contributed by atoms with van der Waals surface area (Å²) in [5.74, 6) is -2.10. The minimum Gasteiger partial charge on any atom is -0.480 e. The van der Waals surface area contributed by atoms with Crippen LogP contribution < -0.4 is 14.6 Å². The SMILES string of the molecule is COc1nc(OCC(F)F)c(F)cc1-c1nc2nc(C3COC3)ccn2c1S(N)(=O)=O. The van der Waals surface area contributed by atoms with Crippen LogP contribution in [0.1, 0.15) is 11.6 Å². The normalized spacial score (nSPS) is 14.8. The molecule has 1 aliphatic heterocycles. The molecule has 4 rings (SSSR count). The van der Waals surface area contributed by atoms with Crippen LogP contribution in [-0.4, -0.2) is 61.1 Å². The van der Waals surface area contributed by atoms with E-state index in [9.17, 15) is 21.6 Å². The fourth-order valence-corrected chi connectivity index (χ4v) is 3.87. The molecule has 0 spiro atoms. The first-order chi connectivity index (χ1) is 14.7. The van der Waals surface area contributed by atoms with E-state index in [1.54, 1.807) is 6.07 Å². The van der Waals surface area contributed by atoms with Gasteiger partial charge in [0.15, 0.2) is 17.5 Å². The summed E-state index contributed by atoms with van der Waals surface area (Å²) in [7, 11) is -3.18. The highest BCUT2D eigenvalue weighted by atomic mass is 32.2. The van der Waals surface area contributed by atoms with Crippen molar-refractivity contribution in [2.75, 3.05) is 26.9 Å². The Balaban J connectivity index is 1.89. The minimum absolute atomic E-state index is 0.00362. The Kier molecular flexibility index (Phi) is 5.45. The molecule has 14 heteroatoms. The lowest BCUT2D eigenvalue weighted by Crippen LogP contribution is -2.26. The number of alkyl halides is 2. The summed E-state index contributed by atoms with van der Waals surface area (Å²) in [5.41, 5.74) is 0.205. The van der Waals surface area contributed by atoms with Gasteiger partial charge >= 0.3 is 0 Å². The van der Waals surface area contributed by atoms with Gasteiger partial charge in [-0.3, -0.25) is 4.40 Å². The number of pyridine rings is 1. The number of nitrogens with two attached hydrogens (primary N) is 1. The Morgan fingerprint density at radius 1 is 1.29 bits per heavy atom. The molecule has 4 heterocycles. The summed E-state index contributed by atoms with van der Waals surface area (Å²) in [6.07, 6.45) is -1.41. The molecule has 0 unspecified atom stereocenters. The lowest BCUT2D eigenvalue weighted by Gasteiger charge is -2.25.